The summed E-state index contributed by atoms with van der Waals surface area (Å²) in [5.74, 6) is -0.392. The first-order valence-electron chi connectivity index (χ1n) is 8.95. The van der Waals surface area contributed by atoms with Crippen molar-refractivity contribution in [3.05, 3.63) is 76.6 Å². The average Bonchev–Trinajstić information content (AvgIpc) is 2.67. The van der Waals surface area contributed by atoms with Gasteiger partial charge < -0.3 is 5.32 Å². The van der Waals surface area contributed by atoms with Crippen LogP contribution in [0.1, 0.15) is 21.7 Å². The summed E-state index contributed by atoms with van der Waals surface area (Å²) in [4.78, 5) is 20.4. The van der Waals surface area contributed by atoms with Crippen molar-refractivity contribution in [1.29, 1.82) is 0 Å². The highest BCUT2D eigenvalue weighted by Crippen LogP contribution is 2.17. The number of amides is 1. The van der Waals surface area contributed by atoms with Crippen LogP contribution in [0.3, 0.4) is 0 Å². The third-order valence-electron chi connectivity index (χ3n) is 3.96. The first-order valence-corrected chi connectivity index (χ1v) is 11.2. The molecule has 3 rings (SSSR count). The summed E-state index contributed by atoms with van der Waals surface area (Å²) in [6, 6.07) is 13.9. The fourth-order valence-electron chi connectivity index (χ4n) is 2.61. The Kier molecular flexibility index (Phi) is 6.84. The van der Waals surface area contributed by atoms with Crippen molar-refractivity contribution in [2.75, 3.05) is 10.0 Å². The Labute approximate surface area is 190 Å². The lowest BCUT2D eigenvalue weighted by molar-refractivity contribution is 0.0977. The lowest BCUT2D eigenvalue weighted by Crippen LogP contribution is -2.34. The average molecular weight is 476 g/mol. The van der Waals surface area contributed by atoms with Gasteiger partial charge in [0.1, 0.15) is 0 Å². The monoisotopic (exact) mass is 475 g/mol. The second kappa shape index (κ2) is 9.38. The second-order valence-corrected chi connectivity index (χ2v) is 9.05. The highest BCUT2D eigenvalue weighted by atomic mass is 35.5. The van der Waals surface area contributed by atoms with Crippen LogP contribution in [0.25, 0.3) is 0 Å². The number of hydrogen-bond donors (Lipinski definition) is 3. The summed E-state index contributed by atoms with van der Waals surface area (Å²) in [7, 11) is -3.87. The van der Waals surface area contributed by atoms with Gasteiger partial charge in [0.05, 0.1) is 4.90 Å². The number of carbonyl (C=O) groups excluding carboxylic acids is 1. The van der Waals surface area contributed by atoms with Crippen molar-refractivity contribution in [2.45, 2.75) is 18.7 Å². The molecule has 8 nitrogen and oxygen atoms in total. The van der Waals surface area contributed by atoms with Gasteiger partial charge in [-0.15, -0.1) is 0 Å². The number of thiocarbonyl (C=S) groups is 1. The third-order valence-corrected chi connectivity index (χ3v) is 5.76. The summed E-state index contributed by atoms with van der Waals surface area (Å²) in [6.07, 6.45) is 0. The van der Waals surface area contributed by atoms with E-state index in [0.717, 1.165) is 0 Å². The highest BCUT2D eigenvalue weighted by molar-refractivity contribution is 7.92. The Bertz CT molecular complexity index is 1210. The van der Waals surface area contributed by atoms with Crippen LogP contribution in [0.15, 0.2) is 59.5 Å². The van der Waals surface area contributed by atoms with Crippen molar-refractivity contribution in [3.63, 3.8) is 0 Å². The molecule has 1 heterocycles. The number of benzene rings is 2. The smallest absolute Gasteiger partial charge is 0.264 e. The Morgan fingerprint density at radius 1 is 0.968 bits per heavy atom. The largest absolute Gasteiger partial charge is 0.332 e. The molecule has 160 valence electrons. The number of sulfonamides is 1. The maximum atomic E-state index is 12.6. The van der Waals surface area contributed by atoms with Gasteiger partial charge >= 0.3 is 0 Å². The van der Waals surface area contributed by atoms with Crippen molar-refractivity contribution in [2.24, 2.45) is 0 Å². The van der Waals surface area contributed by atoms with Gasteiger partial charge in [-0.25, -0.2) is 23.1 Å². The quantitative estimate of drug-likeness (QED) is 0.482. The van der Waals surface area contributed by atoms with E-state index < -0.39 is 15.9 Å². The van der Waals surface area contributed by atoms with Crippen LogP contribution in [-0.4, -0.2) is 29.4 Å². The number of anilines is 2. The van der Waals surface area contributed by atoms with Crippen LogP contribution >= 0.6 is 23.8 Å². The molecule has 3 aromatic rings. The lowest BCUT2D eigenvalue weighted by atomic mass is 10.2. The maximum Gasteiger partial charge on any atom is 0.264 e. The van der Waals surface area contributed by atoms with E-state index >= 15 is 0 Å². The summed E-state index contributed by atoms with van der Waals surface area (Å²) >= 11 is 10.9. The molecule has 0 radical (unpaired) electrons. The third kappa shape index (κ3) is 6.20. The SMILES string of the molecule is Cc1cc(C)nc(NS(=O)(=O)c2ccc(NC(=S)NC(=O)c3ccc(Cl)cc3)cc2)n1. The van der Waals surface area contributed by atoms with E-state index in [1.165, 1.54) is 24.3 Å². The molecule has 0 saturated heterocycles. The van der Waals surface area contributed by atoms with E-state index in [0.29, 0.717) is 27.7 Å². The first-order chi connectivity index (χ1) is 14.6. The molecule has 3 N–H and O–H groups in total. The summed E-state index contributed by atoms with van der Waals surface area (Å²) in [5.41, 5.74) is 2.20. The molecule has 31 heavy (non-hydrogen) atoms. The summed E-state index contributed by atoms with van der Waals surface area (Å²) in [5, 5.41) is 5.96. The van der Waals surface area contributed by atoms with E-state index in [1.54, 1.807) is 44.2 Å². The number of rotatable bonds is 5. The second-order valence-electron chi connectivity index (χ2n) is 6.52. The van der Waals surface area contributed by atoms with Gasteiger partial charge in [-0.2, -0.15) is 0 Å². The molecule has 0 bridgehead atoms. The molecule has 0 fully saturated rings. The van der Waals surface area contributed by atoms with Crippen LogP contribution in [0.4, 0.5) is 11.6 Å². The predicted octanol–water partition coefficient (Wildman–Crippen LogP) is 3.67. The van der Waals surface area contributed by atoms with E-state index in [2.05, 4.69) is 25.3 Å². The van der Waals surface area contributed by atoms with Crippen molar-refractivity contribution < 1.29 is 13.2 Å². The molecular formula is C20H18ClN5O3S2. The van der Waals surface area contributed by atoms with Crippen molar-refractivity contribution in [1.82, 2.24) is 15.3 Å². The molecule has 2 aromatic carbocycles. The van der Waals surface area contributed by atoms with E-state index in [-0.39, 0.29) is 16.0 Å². The minimum atomic E-state index is -3.87. The highest BCUT2D eigenvalue weighted by Gasteiger charge is 2.16. The molecule has 11 heteroatoms. The number of nitrogens with one attached hydrogen (secondary N) is 3. The van der Waals surface area contributed by atoms with Crippen molar-refractivity contribution in [3.8, 4) is 0 Å². The number of aryl methyl sites for hydroxylation is 2. The van der Waals surface area contributed by atoms with Gasteiger partial charge in [0.15, 0.2) is 5.11 Å². The molecule has 1 aromatic heterocycles. The first kappa shape index (κ1) is 22.6. The number of hydrogen-bond acceptors (Lipinski definition) is 6. The Morgan fingerprint density at radius 2 is 1.55 bits per heavy atom. The molecule has 0 aliphatic carbocycles. The number of aromatic nitrogens is 2. The van der Waals surface area contributed by atoms with Crippen LogP contribution in [-0.2, 0) is 10.0 Å². The minimum absolute atomic E-state index is 0.00536. The van der Waals surface area contributed by atoms with Gasteiger partial charge in [0.2, 0.25) is 5.95 Å². The number of carbonyl (C=O) groups is 1. The molecule has 0 atom stereocenters. The molecule has 0 saturated carbocycles. The van der Waals surface area contributed by atoms with Crippen LogP contribution in [0.5, 0.6) is 0 Å². The topological polar surface area (TPSA) is 113 Å². The van der Waals surface area contributed by atoms with E-state index in [9.17, 15) is 13.2 Å². The standard InChI is InChI=1S/C20H18ClN5O3S2/c1-12-11-13(2)23-19(22-12)26-31(28,29)17-9-7-16(8-10-17)24-20(30)25-18(27)14-3-5-15(21)6-4-14/h3-11H,1-2H3,(H,22,23,26)(H2,24,25,27,30). The van der Waals surface area contributed by atoms with Gasteiger partial charge in [0, 0.05) is 27.7 Å². The van der Waals surface area contributed by atoms with Gasteiger partial charge in [-0.3, -0.25) is 10.1 Å². The van der Waals surface area contributed by atoms with E-state index in [4.69, 9.17) is 23.8 Å². The minimum Gasteiger partial charge on any atom is -0.332 e. The molecule has 0 aliphatic heterocycles. The van der Waals surface area contributed by atoms with Gasteiger partial charge in [-0.1, -0.05) is 11.6 Å². The molecule has 0 spiro atoms. The molecule has 0 aliphatic rings. The Morgan fingerprint density at radius 3 is 2.13 bits per heavy atom. The van der Waals surface area contributed by atoms with Gasteiger partial charge in [-0.05, 0) is 80.7 Å². The van der Waals surface area contributed by atoms with Crippen LogP contribution < -0.4 is 15.4 Å². The van der Waals surface area contributed by atoms with Crippen molar-refractivity contribution >= 4 is 56.5 Å². The fourth-order valence-corrected chi connectivity index (χ4v) is 3.89. The molecule has 0 unspecified atom stereocenters. The normalized spacial score (nSPS) is 10.9. The zero-order valence-corrected chi connectivity index (χ0v) is 18.9. The maximum absolute atomic E-state index is 12.6. The van der Waals surface area contributed by atoms with Gasteiger partial charge in [0.25, 0.3) is 15.9 Å². The van der Waals surface area contributed by atoms with Crippen LogP contribution in [0, 0.1) is 13.8 Å². The van der Waals surface area contributed by atoms with E-state index in [1.807, 2.05) is 0 Å². The summed E-state index contributed by atoms with van der Waals surface area (Å²) in [6.45, 7) is 3.50. The number of halogens is 1. The molecular weight excluding hydrogens is 458 g/mol. The lowest BCUT2D eigenvalue weighted by Gasteiger charge is -2.11. The Hall–Kier alpha value is -3.08. The Balaban J connectivity index is 1.64. The molecule has 1 amide bonds. The predicted molar refractivity (Wildman–Crippen MR) is 124 cm³/mol. The summed E-state index contributed by atoms with van der Waals surface area (Å²) < 4.78 is 27.5. The number of nitrogens with zero attached hydrogens (tertiary/aromatic N) is 2. The fraction of sp³-hybridized carbons (Fsp3) is 0.100. The zero-order chi connectivity index (χ0) is 22.6. The van der Waals surface area contributed by atoms with Crippen LogP contribution in [0.2, 0.25) is 5.02 Å². The zero-order valence-electron chi connectivity index (χ0n) is 16.5.